The Balaban J connectivity index is 2.35. The minimum Gasteiger partial charge on any atom is -0.480 e. The number of carboxylic acids is 1. The van der Waals surface area contributed by atoms with Gasteiger partial charge in [0, 0.05) is 0 Å². The Bertz CT molecular complexity index is 523. The first kappa shape index (κ1) is 10.6. The minimum atomic E-state index is -1.33. The second kappa shape index (κ2) is 3.92. The number of benzene rings is 1. The lowest BCUT2D eigenvalue weighted by molar-refractivity contribution is -0.141. The average molecular weight is 221 g/mol. The van der Waals surface area contributed by atoms with Crippen LogP contribution >= 0.6 is 0 Å². The molecule has 84 valence electrons. The molecule has 0 aliphatic rings. The molecule has 1 aromatic heterocycles. The number of aromatic nitrogens is 2. The summed E-state index contributed by atoms with van der Waals surface area (Å²) < 4.78 is 0. The number of carboxylic acid groups (broad SMARTS) is 1. The highest BCUT2D eigenvalue weighted by Crippen LogP contribution is 2.19. The molecule has 5 N–H and O–H groups in total. The predicted molar refractivity (Wildman–Crippen MR) is 56.7 cm³/mol. The van der Waals surface area contributed by atoms with Crippen LogP contribution in [0.2, 0.25) is 0 Å². The molecule has 0 saturated carbocycles. The second-order valence-corrected chi connectivity index (χ2v) is 3.49. The number of aliphatic hydroxyl groups excluding tert-OH is 1. The summed E-state index contributed by atoms with van der Waals surface area (Å²) in [6, 6.07) is 3.60. The summed E-state index contributed by atoms with van der Waals surface area (Å²) in [6.45, 7) is 0. The van der Waals surface area contributed by atoms with Gasteiger partial charge in [-0.15, -0.1) is 0 Å². The van der Waals surface area contributed by atoms with Crippen LogP contribution in [0, 0.1) is 0 Å². The summed E-state index contributed by atoms with van der Waals surface area (Å²) in [5.41, 5.74) is 7.27. The van der Waals surface area contributed by atoms with Crippen molar-refractivity contribution in [1.82, 2.24) is 9.97 Å². The van der Waals surface area contributed by atoms with Crippen molar-refractivity contribution in [3.05, 3.63) is 30.1 Å². The van der Waals surface area contributed by atoms with Gasteiger partial charge in [-0.1, -0.05) is 6.07 Å². The highest BCUT2D eigenvalue weighted by atomic mass is 16.4. The van der Waals surface area contributed by atoms with E-state index in [-0.39, 0.29) is 0 Å². The van der Waals surface area contributed by atoms with E-state index in [2.05, 4.69) is 9.97 Å². The highest BCUT2D eigenvalue weighted by Gasteiger charge is 2.23. The van der Waals surface area contributed by atoms with Crippen molar-refractivity contribution in [2.45, 2.75) is 12.1 Å². The third kappa shape index (κ3) is 1.75. The van der Waals surface area contributed by atoms with Crippen molar-refractivity contribution >= 4 is 17.0 Å². The number of hydrogen-bond donors (Lipinski definition) is 4. The lowest BCUT2D eigenvalue weighted by Crippen LogP contribution is -2.36. The third-order valence-electron chi connectivity index (χ3n) is 2.41. The smallest absolute Gasteiger partial charge is 0.323 e. The minimum absolute atomic E-state index is 0.451. The molecule has 0 fully saturated rings. The molecule has 2 aromatic rings. The Morgan fingerprint density at radius 2 is 2.25 bits per heavy atom. The lowest BCUT2D eigenvalue weighted by Gasteiger charge is -2.14. The van der Waals surface area contributed by atoms with Gasteiger partial charge in [0.1, 0.15) is 12.1 Å². The molecule has 0 spiro atoms. The maximum atomic E-state index is 10.6. The quantitative estimate of drug-likeness (QED) is 0.583. The zero-order valence-electron chi connectivity index (χ0n) is 8.29. The van der Waals surface area contributed by atoms with E-state index in [4.69, 9.17) is 10.8 Å². The molecule has 0 saturated heterocycles. The van der Waals surface area contributed by atoms with E-state index in [1.165, 1.54) is 6.33 Å². The zero-order valence-corrected chi connectivity index (χ0v) is 8.29. The van der Waals surface area contributed by atoms with Crippen LogP contribution < -0.4 is 5.73 Å². The van der Waals surface area contributed by atoms with Crippen LogP contribution in [0.5, 0.6) is 0 Å². The fourth-order valence-electron chi connectivity index (χ4n) is 1.48. The highest BCUT2D eigenvalue weighted by molar-refractivity contribution is 5.77. The monoisotopic (exact) mass is 221 g/mol. The van der Waals surface area contributed by atoms with Gasteiger partial charge in [0.05, 0.1) is 17.4 Å². The molecular weight excluding hydrogens is 210 g/mol. The molecule has 1 heterocycles. The number of H-pyrrole nitrogens is 1. The van der Waals surface area contributed by atoms with Gasteiger partial charge in [0.2, 0.25) is 0 Å². The van der Waals surface area contributed by atoms with Crippen LogP contribution in [0.4, 0.5) is 0 Å². The number of nitrogens with zero attached hydrogens (tertiary/aromatic N) is 1. The number of aromatic amines is 1. The number of nitrogens with one attached hydrogen (secondary N) is 1. The Hall–Kier alpha value is -1.92. The van der Waals surface area contributed by atoms with Gasteiger partial charge in [0.15, 0.2) is 0 Å². The Kier molecular flexibility index (Phi) is 2.59. The molecule has 2 unspecified atom stereocenters. The van der Waals surface area contributed by atoms with Crippen LogP contribution in [-0.2, 0) is 4.79 Å². The number of nitrogens with two attached hydrogens (primary N) is 1. The first-order chi connectivity index (χ1) is 7.59. The number of aliphatic carboxylic acids is 1. The van der Waals surface area contributed by atoms with E-state index in [1.807, 2.05) is 0 Å². The fraction of sp³-hybridized carbons (Fsp3) is 0.200. The number of hydrogen-bond acceptors (Lipinski definition) is 4. The van der Waals surface area contributed by atoms with Gasteiger partial charge < -0.3 is 20.9 Å². The van der Waals surface area contributed by atoms with Crippen LogP contribution in [0.1, 0.15) is 11.7 Å². The van der Waals surface area contributed by atoms with E-state index in [0.29, 0.717) is 5.56 Å². The Morgan fingerprint density at radius 1 is 1.50 bits per heavy atom. The van der Waals surface area contributed by atoms with E-state index in [9.17, 15) is 9.90 Å². The van der Waals surface area contributed by atoms with E-state index < -0.39 is 18.1 Å². The lowest BCUT2D eigenvalue weighted by atomic mass is 10.0. The predicted octanol–water partition coefficient (Wildman–Crippen LogP) is 0.00820. The third-order valence-corrected chi connectivity index (χ3v) is 2.41. The normalized spacial score (nSPS) is 14.9. The summed E-state index contributed by atoms with van der Waals surface area (Å²) >= 11 is 0. The van der Waals surface area contributed by atoms with Gasteiger partial charge in [-0.2, -0.15) is 0 Å². The van der Waals surface area contributed by atoms with Gasteiger partial charge in [0.25, 0.3) is 0 Å². The number of carbonyl (C=O) groups is 1. The first-order valence-corrected chi connectivity index (χ1v) is 4.69. The Morgan fingerprint density at radius 3 is 2.94 bits per heavy atom. The SMILES string of the molecule is NC(C(=O)O)C(O)c1ccc2nc[nH]c2c1. The van der Waals surface area contributed by atoms with Crippen molar-refractivity contribution in [1.29, 1.82) is 0 Å². The van der Waals surface area contributed by atoms with E-state index in [1.54, 1.807) is 18.2 Å². The number of fused-ring (bicyclic) bond motifs is 1. The van der Waals surface area contributed by atoms with Gasteiger partial charge >= 0.3 is 5.97 Å². The number of rotatable bonds is 3. The molecule has 2 atom stereocenters. The van der Waals surface area contributed by atoms with E-state index >= 15 is 0 Å². The van der Waals surface area contributed by atoms with Gasteiger partial charge in [-0.05, 0) is 17.7 Å². The molecule has 0 bridgehead atoms. The molecule has 0 amide bonds. The molecule has 2 rings (SSSR count). The van der Waals surface area contributed by atoms with Crippen LogP contribution in [0.3, 0.4) is 0 Å². The summed E-state index contributed by atoms with van der Waals surface area (Å²) in [5.74, 6) is -1.24. The fourth-order valence-corrected chi connectivity index (χ4v) is 1.48. The standard InChI is InChI=1S/C10H11N3O3/c11-8(10(15)16)9(14)5-1-2-6-7(3-5)13-4-12-6/h1-4,8-9,14H,11H2,(H,12,13)(H,15,16). The van der Waals surface area contributed by atoms with Crippen LogP contribution in [0.25, 0.3) is 11.0 Å². The van der Waals surface area contributed by atoms with Gasteiger partial charge in [-0.25, -0.2) is 4.98 Å². The summed E-state index contributed by atoms with van der Waals surface area (Å²) in [5, 5.41) is 18.4. The molecule has 6 heteroatoms. The summed E-state index contributed by atoms with van der Waals surface area (Å²) in [6.07, 6.45) is 0.294. The molecule has 6 nitrogen and oxygen atoms in total. The largest absolute Gasteiger partial charge is 0.480 e. The topological polar surface area (TPSA) is 112 Å². The molecule has 1 aromatic carbocycles. The van der Waals surface area contributed by atoms with E-state index in [0.717, 1.165) is 11.0 Å². The number of aliphatic hydroxyl groups is 1. The maximum absolute atomic E-state index is 10.6. The van der Waals surface area contributed by atoms with Crippen molar-refractivity contribution in [2.75, 3.05) is 0 Å². The maximum Gasteiger partial charge on any atom is 0.323 e. The first-order valence-electron chi connectivity index (χ1n) is 4.69. The van der Waals surface area contributed by atoms with Gasteiger partial charge in [-0.3, -0.25) is 4.79 Å². The number of imidazole rings is 1. The van der Waals surface area contributed by atoms with Crippen molar-refractivity contribution < 1.29 is 15.0 Å². The van der Waals surface area contributed by atoms with Crippen molar-refractivity contribution in [3.63, 3.8) is 0 Å². The Labute approximate surface area is 90.7 Å². The summed E-state index contributed by atoms with van der Waals surface area (Å²) in [7, 11) is 0. The molecule has 0 aliphatic heterocycles. The molecule has 0 aliphatic carbocycles. The molecular formula is C10H11N3O3. The van der Waals surface area contributed by atoms with Crippen LogP contribution in [0.15, 0.2) is 24.5 Å². The molecule has 0 radical (unpaired) electrons. The van der Waals surface area contributed by atoms with Crippen LogP contribution in [-0.4, -0.2) is 32.2 Å². The van der Waals surface area contributed by atoms with Crippen molar-refractivity contribution in [2.24, 2.45) is 5.73 Å². The zero-order chi connectivity index (χ0) is 11.7. The molecule has 16 heavy (non-hydrogen) atoms. The summed E-state index contributed by atoms with van der Waals surface area (Å²) in [4.78, 5) is 17.5. The van der Waals surface area contributed by atoms with Crippen molar-refractivity contribution in [3.8, 4) is 0 Å². The average Bonchev–Trinajstić information content (AvgIpc) is 2.73. The second-order valence-electron chi connectivity index (χ2n) is 3.49.